The Balaban J connectivity index is 1.73. The number of nitriles is 1. The van der Waals surface area contributed by atoms with E-state index in [2.05, 4.69) is 15.6 Å². The number of carbonyl (C=O) groups is 2. The van der Waals surface area contributed by atoms with Gasteiger partial charge >= 0.3 is 0 Å². The van der Waals surface area contributed by atoms with Gasteiger partial charge in [0.2, 0.25) is 5.91 Å². The van der Waals surface area contributed by atoms with E-state index in [1.54, 1.807) is 0 Å². The summed E-state index contributed by atoms with van der Waals surface area (Å²) < 4.78 is 0. The Morgan fingerprint density at radius 1 is 1.42 bits per heavy atom. The number of hydrogen-bond donors (Lipinski definition) is 2. The van der Waals surface area contributed by atoms with Gasteiger partial charge < -0.3 is 10.6 Å². The van der Waals surface area contributed by atoms with Gasteiger partial charge in [-0.2, -0.15) is 5.26 Å². The van der Waals surface area contributed by atoms with Crippen molar-refractivity contribution >= 4 is 11.8 Å². The Kier molecular flexibility index (Phi) is 4.08. The molecule has 2 N–H and O–H groups in total. The van der Waals surface area contributed by atoms with Crippen molar-refractivity contribution in [1.82, 2.24) is 15.6 Å². The third-order valence-electron chi connectivity index (χ3n) is 2.71. The third-order valence-corrected chi connectivity index (χ3v) is 2.71. The van der Waals surface area contributed by atoms with Crippen LogP contribution in [-0.2, 0) is 4.79 Å². The van der Waals surface area contributed by atoms with Crippen LogP contribution in [0.2, 0.25) is 0 Å². The van der Waals surface area contributed by atoms with E-state index in [0.717, 1.165) is 12.8 Å². The molecule has 6 nitrogen and oxygen atoms in total. The molecule has 1 aromatic rings. The summed E-state index contributed by atoms with van der Waals surface area (Å²) in [6.07, 6.45) is 3.70. The molecule has 1 aliphatic carbocycles. The molecule has 0 aliphatic heterocycles. The molecule has 0 spiro atoms. The van der Waals surface area contributed by atoms with Crippen molar-refractivity contribution < 1.29 is 9.59 Å². The topological polar surface area (TPSA) is 94.9 Å². The van der Waals surface area contributed by atoms with Crippen molar-refractivity contribution in [3.05, 3.63) is 29.6 Å². The Morgan fingerprint density at radius 2 is 2.21 bits per heavy atom. The second kappa shape index (κ2) is 5.96. The van der Waals surface area contributed by atoms with Crippen molar-refractivity contribution in [3.63, 3.8) is 0 Å². The molecule has 0 aromatic carbocycles. The monoisotopic (exact) mass is 258 g/mol. The highest BCUT2D eigenvalue weighted by molar-refractivity contribution is 5.92. The van der Waals surface area contributed by atoms with E-state index in [9.17, 15) is 9.59 Å². The van der Waals surface area contributed by atoms with E-state index >= 15 is 0 Å². The molecule has 6 heteroatoms. The molecule has 1 heterocycles. The Hall–Kier alpha value is -2.42. The highest BCUT2D eigenvalue weighted by Gasteiger charge is 2.22. The van der Waals surface area contributed by atoms with Crippen LogP contribution in [0.25, 0.3) is 0 Å². The largest absolute Gasteiger partial charge is 0.353 e. The summed E-state index contributed by atoms with van der Waals surface area (Å²) >= 11 is 0. The molecule has 1 fully saturated rings. The molecule has 98 valence electrons. The Morgan fingerprint density at radius 3 is 2.79 bits per heavy atom. The van der Waals surface area contributed by atoms with E-state index in [0.29, 0.717) is 11.6 Å². The van der Waals surface area contributed by atoms with E-state index in [4.69, 9.17) is 5.26 Å². The minimum atomic E-state index is -0.344. The lowest BCUT2D eigenvalue weighted by molar-refractivity contribution is -0.121. The maximum absolute atomic E-state index is 11.7. The first-order chi connectivity index (χ1) is 9.19. The number of rotatable bonds is 5. The second-order valence-corrected chi connectivity index (χ2v) is 4.39. The maximum atomic E-state index is 11.7. The number of hydrogen-bond acceptors (Lipinski definition) is 4. The molecule has 2 rings (SSSR count). The zero-order valence-electron chi connectivity index (χ0n) is 10.3. The van der Waals surface area contributed by atoms with E-state index in [-0.39, 0.29) is 30.5 Å². The van der Waals surface area contributed by atoms with Gasteiger partial charge in [0.05, 0.1) is 5.56 Å². The summed E-state index contributed by atoms with van der Waals surface area (Å²) in [4.78, 5) is 26.9. The van der Waals surface area contributed by atoms with Crippen LogP contribution in [0.15, 0.2) is 18.3 Å². The van der Waals surface area contributed by atoms with E-state index in [1.807, 2.05) is 6.07 Å². The van der Waals surface area contributed by atoms with Gasteiger partial charge in [-0.1, -0.05) is 0 Å². The average Bonchev–Trinajstić information content (AvgIpc) is 3.22. The summed E-state index contributed by atoms with van der Waals surface area (Å²) in [5, 5.41) is 14.1. The zero-order valence-corrected chi connectivity index (χ0v) is 10.3. The molecule has 0 unspecified atom stereocenters. The molecule has 1 aromatic heterocycles. The molecule has 2 amide bonds. The quantitative estimate of drug-likeness (QED) is 0.796. The van der Waals surface area contributed by atoms with Crippen LogP contribution < -0.4 is 10.6 Å². The highest BCUT2D eigenvalue weighted by Crippen LogP contribution is 2.18. The van der Waals surface area contributed by atoms with Gasteiger partial charge in [0.1, 0.15) is 11.8 Å². The SMILES string of the molecule is N#Cc1ccc(C(=O)NCCC(=O)NC2CC2)nc1. The van der Waals surface area contributed by atoms with Gasteiger partial charge in [-0.15, -0.1) is 0 Å². The van der Waals surface area contributed by atoms with Crippen LogP contribution in [0.4, 0.5) is 0 Å². The lowest BCUT2D eigenvalue weighted by atomic mass is 10.2. The van der Waals surface area contributed by atoms with Crippen LogP contribution in [0.3, 0.4) is 0 Å². The fourth-order valence-electron chi connectivity index (χ4n) is 1.50. The van der Waals surface area contributed by atoms with Gasteiger partial charge in [0.25, 0.3) is 5.91 Å². The molecule has 1 aliphatic rings. The standard InChI is InChI=1S/C13H14N4O2/c14-7-9-1-4-11(16-8-9)13(19)15-6-5-12(18)17-10-2-3-10/h1,4,8,10H,2-3,5-6H2,(H,15,19)(H,17,18). The lowest BCUT2D eigenvalue weighted by Gasteiger charge is -2.05. The first kappa shape index (κ1) is 13.0. The van der Waals surface area contributed by atoms with Gasteiger partial charge in [0.15, 0.2) is 0 Å². The summed E-state index contributed by atoms with van der Waals surface area (Å²) in [5.74, 6) is -0.390. The van der Waals surface area contributed by atoms with Gasteiger partial charge in [0, 0.05) is 25.2 Å². The van der Waals surface area contributed by atoms with Crippen LogP contribution in [0, 0.1) is 11.3 Å². The summed E-state index contributed by atoms with van der Waals surface area (Å²) in [7, 11) is 0. The van der Waals surface area contributed by atoms with E-state index in [1.165, 1.54) is 18.3 Å². The first-order valence-corrected chi connectivity index (χ1v) is 6.13. The van der Waals surface area contributed by atoms with Gasteiger partial charge in [-0.25, -0.2) is 4.98 Å². The first-order valence-electron chi connectivity index (χ1n) is 6.13. The fourth-order valence-corrected chi connectivity index (χ4v) is 1.50. The molecule has 0 saturated heterocycles. The smallest absolute Gasteiger partial charge is 0.269 e. The number of pyridine rings is 1. The van der Waals surface area contributed by atoms with E-state index < -0.39 is 0 Å². The van der Waals surface area contributed by atoms with Gasteiger partial charge in [-0.3, -0.25) is 9.59 Å². The Bertz CT molecular complexity index is 514. The number of amides is 2. The van der Waals surface area contributed by atoms with Crippen molar-refractivity contribution in [2.45, 2.75) is 25.3 Å². The summed E-state index contributed by atoms with van der Waals surface area (Å²) in [5.41, 5.74) is 0.641. The lowest BCUT2D eigenvalue weighted by Crippen LogP contribution is -2.32. The highest BCUT2D eigenvalue weighted by atomic mass is 16.2. The molecule has 1 saturated carbocycles. The summed E-state index contributed by atoms with van der Waals surface area (Å²) in [6.45, 7) is 0.277. The van der Waals surface area contributed by atoms with Crippen LogP contribution in [0.1, 0.15) is 35.3 Å². The molecular weight excluding hydrogens is 244 g/mol. The predicted molar refractivity (Wildman–Crippen MR) is 67.1 cm³/mol. The van der Waals surface area contributed by atoms with Crippen LogP contribution in [0.5, 0.6) is 0 Å². The van der Waals surface area contributed by atoms with Crippen molar-refractivity contribution in [1.29, 1.82) is 5.26 Å². The third kappa shape index (κ3) is 4.07. The number of nitrogens with one attached hydrogen (secondary N) is 2. The molecule has 0 bridgehead atoms. The normalized spacial score (nSPS) is 13.4. The molecule has 19 heavy (non-hydrogen) atoms. The zero-order chi connectivity index (χ0) is 13.7. The van der Waals surface area contributed by atoms with Crippen molar-refractivity contribution in [3.8, 4) is 6.07 Å². The Labute approximate surface area is 110 Å². The molecular formula is C13H14N4O2. The van der Waals surface area contributed by atoms with Crippen molar-refractivity contribution in [2.75, 3.05) is 6.54 Å². The molecule has 0 radical (unpaired) electrons. The fraction of sp³-hybridized carbons (Fsp3) is 0.385. The van der Waals surface area contributed by atoms with Crippen LogP contribution in [-0.4, -0.2) is 29.4 Å². The number of nitrogens with zero attached hydrogens (tertiary/aromatic N) is 2. The van der Waals surface area contributed by atoms with Crippen LogP contribution >= 0.6 is 0 Å². The minimum absolute atomic E-state index is 0.0458. The molecule has 0 atom stereocenters. The number of carbonyl (C=O) groups excluding carboxylic acids is 2. The summed E-state index contributed by atoms with van der Waals surface area (Å²) in [6, 6.07) is 5.28. The maximum Gasteiger partial charge on any atom is 0.269 e. The van der Waals surface area contributed by atoms with Gasteiger partial charge in [-0.05, 0) is 25.0 Å². The number of aromatic nitrogens is 1. The second-order valence-electron chi connectivity index (χ2n) is 4.39. The van der Waals surface area contributed by atoms with Crippen molar-refractivity contribution in [2.24, 2.45) is 0 Å². The minimum Gasteiger partial charge on any atom is -0.353 e. The average molecular weight is 258 g/mol. The predicted octanol–water partition coefficient (Wildman–Crippen LogP) is 0.352.